The highest BCUT2D eigenvalue weighted by Crippen LogP contribution is 2.52. The summed E-state index contributed by atoms with van der Waals surface area (Å²) in [5.41, 5.74) is 0. The van der Waals surface area contributed by atoms with E-state index in [0.29, 0.717) is 0 Å². The van der Waals surface area contributed by atoms with Gasteiger partial charge in [0.1, 0.15) is 0 Å². The predicted molar refractivity (Wildman–Crippen MR) is 87.2 cm³/mol. The van der Waals surface area contributed by atoms with E-state index < -0.39 is 0 Å². The van der Waals surface area contributed by atoms with E-state index in [1.165, 1.54) is 19.3 Å². The second-order valence-electron chi connectivity index (χ2n) is 8.00. The molecule has 0 bridgehead atoms. The van der Waals surface area contributed by atoms with Crippen molar-refractivity contribution >= 4 is 0 Å². The van der Waals surface area contributed by atoms with Crippen molar-refractivity contribution in [3.63, 3.8) is 0 Å². The zero-order valence-corrected chi connectivity index (χ0v) is 14.7. The molecule has 5 unspecified atom stereocenters. The number of hydrogen-bond donors (Lipinski definition) is 0. The third-order valence-corrected chi connectivity index (χ3v) is 6.76. The molecule has 0 amide bonds. The first-order chi connectivity index (χ1) is 8.81. The molecule has 0 spiro atoms. The van der Waals surface area contributed by atoms with Gasteiger partial charge in [-0.15, -0.1) is 0 Å². The summed E-state index contributed by atoms with van der Waals surface area (Å²) in [6.45, 7) is 19.5. The average Bonchev–Trinajstić information content (AvgIpc) is 2.35. The van der Waals surface area contributed by atoms with E-state index in [4.69, 9.17) is 0 Å². The van der Waals surface area contributed by atoms with E-state index in [9.17, 15) is 0 Å². The van der Waals surface area contributed by atoms with Crippen LogP contribution in [-0.2, 0) is 0 Å². The topological polar surface area (TPSA) is 0 Å². The van der Waals surface area contributed by atoms with Gasteiger partial charge in [-0.05, 0) is 47.3 Å². The van der Waals surface area contributed by atoms with Crippen molar-refractivity contribution in [1.29, 1.82) is 0 Å². The molecule has 0 aromatic rings. The van der Waals surface area contributed by atoms with E-state index in [1.54, 1.807) is 0 Å². The van der Waals surface area contributed by atoms with Crippen molar-refractivity contribution in [2.75, 3.05) is 0 Å². The molecule has 19 heavy (non-hydrogen) atoms. The maximum atomic E-state index is 2.52. The molecule has 1 aliphatic carbocycles. The maximum absolute atomic E-state index is 2.52. The second kappa shape index (κ2) is 7.14. The van der Waals surface area contributed by atoms with E-state index in [0.717, 1.165) is 47.3 Å². The van der Waals surface area contributed by atoms with Gasteiger partial charge in [0, 0.05) is 0 Å². The van der Waals surface area contributed by atoms with Crippen LogP contribution < -0.4 is 0 Å². The van der Waals surface area contributed by atoms with Crippen molar-refractivity contribution in [3.05, 3.63) is 0 Å². The van der Waals surface area contributed by atoms with Crippen LogP contribution in [0.2, 0.25) is 0 Å². The summed E-state index contributed by atoms with van der Waals surface area (Å²) >= 11 is 0. The van der Waals surface area contributed by atoms with Gasteiger partial charge in [-0.3, -0.25) is 0 Å². The molecule has 0 heteroatoms. The van der Waals surface area contributed by atoms with Crippen LogP contribution in [0.15, 0.2) is 0 Å². The summed E-state index contributed by atoms with van der Waals surface area (Å²) in [6, 6.07) is 0. The molecule has 1 fully saturated rings. The highest BCUT2D eigenvalue weighted by Gasteiger charge is 2.46. The van der Waals surface area contributed by atoms with Crippen LogP contribution >= 0.6 is 0 Å². The SMILES string of the molecule is CCC1C(C)C(C(C)C(C)CCC(C)C(C)C)C1C. The van der Waals surface area contributed by atoms with Crippen LogP contribution in [0.1, 0.15) is 74.7 Å². The van der Waals surface area contributed by atoms with Crippen LogP contribution in [-0.4, -0.2) is 0 Å². The molecular formula is C19H38. The summed E-state index contributed by atoms with van der Waals surface area (Å²) in [5, 5.41) is 0. The lowest BCUT2D eigenvalue weighted by Gasteiger charge is -2.53. The smallest absolute Gasteiger partial charge is 0.0329 e. The lowest BCUT2D eigenvalue weighted by molar-refractivity contribution is -0.0518. The minimum atomic E-state index is 0.841. The Bertz CT molecular complexity index is 245. The van der Waals surface area contributed by atoms with Gasteiger partial charge in [-0.1, -0.05) is 74.7 Å². The Kier molecular flexibility index (Phi) is 6.40. The van der Waals surface area contributed by atoms with Crippen LogP contribution in [0.5, 0.6) is 0 Å². The average molecular weight is 267 g/mol. The number of rotatable bonds is 7. The first-order valence-electron chi connectivity index (χ1n) is 8.81. The molecule has 0 heterocycles. The Morgan fingerprint density at radius 3 is 1.68 bits per heavy atom. The number of hydrogen-bond acceptors (Lipinski definition) is 0. The van der Waals surface area contributed by atoms with Crippen molar-refractivity contribution in [1.82, 2.24) is 0 Å². The molecule has 1 rings (SSSR count). The van der Waals surface area contributed by atoms with E-state index in [2.05, 4.69) is 55.4 Å². The molecule has 114 valence electrons. The zero-order chi connectivity index (χ0) is 14.7. The van der Waals surface area contributed by atoms with Gasteiger partial charge in [-0.25, -0.2) is 0 Å². The van der Waals surface area contributed by atoms with Crippen LogP contribution in [0.25, 0.3) is 0 Å². The minimum Gasteiger partial charge on any atom is -0.0651 e. The van der Waals surface area contributed by atoms with E-state index in [-0.39, 0.29) is 0 Å². The lowest BCUT2D eigenvalue weighted by atomic mass is 9.52. The first kappa shape index (κ1) is 17.1. The van der Waals surface area contributed by atoms with Crippen LogP contribution in [0.4, 0.5) is 0 Å². The largest absolute Gasteiger partial charge is 0.0651 e. The van der Waals surface area contributed by atoms with Crippen molar-refractivity contribution < 1.29 is 0 Å². The summed E-state index contributed by atoms with van der Waals surface area (Å²) in [7, 11) is 0. The molecule has 0 N–H and O–H groups in total. The van der Waals surface area contributed by atoms with Gasteiger partial charge >= 0.3 is 0 Å². The third kappa shape index (κ3) is 3.76. The zero-order valence-electron chi connectivity index (χ0n) is 14.7. The maximum Gasteiger partial charge on any atom is -0.0329 e. The summed E-state index contributed by atoms with van der Waals surface area (Å²) in [6.07, 6.45) is 4.22. The van der Waals surface area contributed by atoms with Gasteiger partial charge in [0.05, 0.1) is 0 Å². The molecule has 0 aromatic heterocycles. The Balaban J connectivity index is 2.43. The van der Waals surface area contributed by atoms with Gasteiger partial charge < -0.3 is 0 Å². The quantitative estimate of drug-likeness (QED) is 0.510. The standard InChI is InChI=1S/C19H38/c1-9-18-16(7)19(17(18)8)15(6)14(5)11-10-13(4)12(2)3/h12-19H,9-11H2,1-8H3. The first-order valence-corrected chi connectivity index (χ1v) is 8.81. The van der Waals surface area contributed by atoms with Crippen molar-refractivity contribution in [3.8, 4) is 0 Å². The Morgan fingerprint density at radius 1 is 0.789 bits per heavy atom. The molecule has 0 saturated heterocycles. The highest BCUT2D eigenvalue weighted by molar-refractivity contribution is 4.95. The summed E-state index contributed by atoms with van der Waals surface area (Å²) < 4.78 is 0. The molecule has 5 atom stereocenters. The third-order valence-electron chi connectivity index (χ3n) is 6.76. The second-order valence-corrected chi connectivity index (χ2v) is 8.00. The fourth-order valence-electron chi connectivity index (χ4n) is 4.59. The molecule has 1 saturated carbocycles. The Labute approximate surface area is 122 Å². The van der Waals surface area contributed by atoms with Gasteiger partial charge in [0.25, 0.3) is 0 Å². The molecular weight excluding hydrogens is 228 g/mol. The monoisotopic (exact) mass is 266 g/mol. The molecule has 0 radical (unpaired) electrons. The van der Waals surface area contributed by atoms with Crippen LogP contribution in [0, 0.1) is 47.3 Å². The molecule has 0 nitrogen and oxygen atoms in total. The van der Waals surface area contributed by atoms with Gasteiger partial charge in [-0.2, -0.15) is 0 Å². The summed E-state index contributed by atoms with van der Waals surface area (Å²) in [4.78, 5) is 0. The normalized spacial score (nSPS) is 35.8. The molecule has 0 aliphatic heterocycles. The van der Waals surface area contributed by atoms with E-state index in [1.807, 2.05) is 0 Å². The Hall–Kier alpha value is 0. The van der Waals surface area contributed by atoms with Crippen molar-refractivity contribution in [2.24, 2.45) is 47.3 Å². The van der Waals surface area contributed by atoms with Crippen LogP contribution in [0.3, 0.4) is 0 Å². The minimum absolute atomic E-state index is 0.841. The fourth-order valence-corrected chi connectivity index (χ4v) is 4.59. The fraction of sp³-hybridized carbons (Fsp3) is 1.00. The lowest BCUT2D eigenvalue weighted by Crippen LogP contribution is -2.48. The molecule has 0 aromatic carbocycles. The Morgan fingerprint density at radius 2 is 1.26 bits per heavy atom. The predicted octanol–water partition coefficient (Wildman–Crippen LogP) is 6.26. The molecule has 1 aliphatic rings. The van der Waals surface area contributed by atoms with Crippen molar-refractivity contribution in [2.45, 2.75) is 74.7 Å². The van der Waals surface area contributed by atoms with Gasteiger partial charge in [0.2, 0.25) is 0 Å². The van der Waals surface area contributed by atoms with E-state index >= 15 is 0 Å². The van der Waals surface area contributed by atoms with Gasteiger partial charge in [0.15, 0.2) is 0 Å². The highest BCUT2D eigenvalue weighted by atomic mass is 14.5. The summed E-state index contributed by atoms with van der Waals surface area (Å²) in [5.74, 6) is 7.42.